The van der Waals surface area contributed by atoms with Crippen molar-refractivity contribution >= 4 is 72.7 Å². The third-order valence-electron chi connectivity index (χ3n) is 11.7. The van der Waals surface area contributed by atoms with Crippen molar-refractivity contribution in [3.63, 3.8) is 0 Å². The summed E-state index contributed by atoms with van der Waals surface area (Å²) in [5, 5.41) is 12.8. The van der Waals surface area contributed by atoms with Crippen LogP contribution in [0.1, 0.15) is 71.5 Å². The van der Waals surface area contributed by atoms with Crippen LogP contribution < -0.4 is 26.6 Å². The second-order valence-corrected chi connectivity index (χ2v) is 17.1. The maximum Gasteiger partial charge on any atom is 0.407 e. The smallest absolute Gasteiger partial charge is 0.407 e. The molecule has 7 rings (SSSR count). The SMILES string of the molecule is COC(=O)N[C@H](C(=O)N1CCC[C@H]1C1Nc2c(ccc3cc(-c4cc5ccc6nc([C@H](CCCN)C[C@@H](NC(=O)OC)C(C)C)nc6c5c[nH]4)sc23)N1C)C(C)C. The Morgan fingerprint density at radius 3 is 2.47 bits per heavy atom. The Labute approximate surface area is 337 Å². The predicted octanol–water partition coefficient (Wildman–Crippen LogP) is 7.15. The number of aromatic nitrogens is 3. The molecule has 304 valence electrons. The summed E-state index contributed by atoms with van der Waals surface area (Å²) in [6.07, 6.45) is 4.95. The monoisotopic (exact) mass is 797 g/mol. The van der Waals surface area contributed by atoms with Crippen LogP contribution in [0.25, 0.3) is 42.5 Å². The molecule has 2 aliphatic rings. The average molecular weight is 798 g/mol. The van der Waals surface area contributed by atoms with E-state index in [0.29, 0.717) is 19.5 Å². The van der Waals surface area contributed by atoms with Crippen molar-refractivity contribution in [1.82, 2.24) is 30.5 Å². The summed E-state index contributed by atoms with van der Waals surface area (Å²) >= 11 is 1.73. The van der Waals surface area contributed by atoms with Gasteiger partial charge in [0.1, 0.15) is 23.5 Å². The molecule has 15 heteroatoms. The maximum absolute atomic E-state index is 13.9. The Morgan fingerprint density at radius 1 is 1.00 bits per heavy atom. The van der Waals surface area contributed by atoms with Crippen LogP contribution in [0.5, 0.6) is 0 Å². The van der Waals surface area contributed by atoms with Crippen LogP contribution in [0.4, 0.5) is 21.0 Å². The number of imidazole rings is 1. The van der Waals surface area contributed by atoms with Gasteiger partial charge in [-0.1, -0.05) is 39.8 Å². The van der Waals surface area contributed by atoms with Crippen LogP contribution >= 0.6 is 11.3 Å². The Balaban J connectivity index is 1.14. The standard InChI is InChI=1S/C42H55N9O5S/c1-22(2)29(46-41(53)55-6)19-26(10-8-16-43)38-45-28-14-12-24-18-30(44-21-27(24)35(28)47-38)33-20-25-13-15-31-36(37(25)57-33)48-39(50(31)5)32-11-9-17-51(32)40(52)34(23(3)4)49-42(54)56-7/h12-15,18,20-23,26,29,32,34,39,44,48H,8-11,16-17,19,43H2,1-7H3,(H,46,53)(H,49,54)/t26-,29-,32+,34+,39?/m1/s1. The van der Waals surface area contributed by atoms with Gasteiger partial charge in [0.2, 0.25) is 5.91 Å². The minimum atomic E-state index is -0.668. The number of fused-ring (bicyclic) bond motifs is 6. The number of nitrogens with two attached hydrogens (primary N) is 1. The second kappa shape index (κ2) is 16.8. The molecule has 0 saturated carbocycles. The van der Waals surface area contributed by atoms with Crippen molar-refractivity contribution in [2.24, 2.45) is 17.6 Å². The lowest BCUT2D eigenvalue weighted by molar-refractivity contribution is -0.135. The van der Waals surface area contributed by atoms with Gasteiger partial charge < -0.3 is 45.9 Å². The van der Waals surface area contributed by atoms with Crippen molar-refractivity contribution in [3.05, 3.63) is 48.4 Å². The van der Waals surface area contributed by atoms with Crippen molar-refractivity contribution in [1.29, 1.82) is 0 Å². The van der Waals surface area contributed by atoms with E-state index in [1.54, 1.807) is 11.3 Å². The summed E-state index contributed by atoms with van der Waals surface area (Å²) in [4.78, 5) is 57.1. The number of methoxy groups -OCH3 is 2. The number of aromatic amines is 1. The van der Waals surface area contributed by atoms with E-state index < -0.39 is 18.2 Å². The molecule has 5 aromatic rings. The first-order valence-corrected chi connectivity index (χ1v) is 20.8. The van der Waals surface area contributed by atoms with E-state index in [1.165, 1.54) is 14.2 Å². The van der Waals surface area contributed by atoms with Gasteiger partial charge in [0.05, 0.1) is 52.4 Å². The molecule has 0 spiro atoms. The van der Waals surface area contributed by atoms with E-state index in [4.69, 9.17) is 25.2 Å². The van der Waals surface area contributed by atoms with Gasteiger partial charge in [0, 0.05) is 37.1 Å². The molecule has 0 radical (unpaired) electrons. The number of nitrogens with one attached hydrogen (secondary N) is 4. The van der Waals surface area contributed by atoms with Crippen molar-refractivity contribution in [2.75, 3.05) is 44.6 Å². The molecule has 5 heterocycles. The van der Waals surface area contributed by atoms with E-state index in [2.05, 4.69) is 77.1 Å². The third-order valence-corrected chi connectivity index (χ3v) is 12.9. The highest BCUT2D eigenvalue weighted by molar-refractivity contribution is 7.23. The van der Waals surface area contributed by atoms with Crippen LogP contribution in [-0.2, 0) is 14.3 Å². The van der Waals surface area contributed by atoms with Gasteiger partial charge in [-0.3, -0.25) is 4.79 Å². The number of hydrogen-bond acceptors (Lipinski definition) is 11. The maximum atomic E-state index is 13.9. The summed E-state index contributed by atoms with van der Waals surface area (Å²) in [5.41, 5.74) is 10.8. The number of likely N-dealkylation sites (tertiary alicyclic amines) is 1. The molecule has 3 amide bonds. The molecule has 1 fully saturated rings. The lowest BCUT2D eigenvalue weighted by atomic mass is 9.89. The molecule has 6 N–H and O–H groups in total. The number of likely N-dealkylation sites (N-methyl/N-ethyl adjacent to an activating group) is 1. The van der Waals surface area contributed by atoms with Gasteiger partial charge in [-0.15, -0.1) is 11.3 Å². The molecule has 57 heavy (non-hydrogen) atoms. The lowest BCUT2D eigenvalue weighted by Gasteiger charge is -2.36. The molecule has 14 nitrogen and oxygen atoms in total. The van der Waals surface area contributed by atoms with E-state index >= 15 is 0 Å². The van der Waals surface area contributed by atoms with Crippen molar-refractivity contribution in [3.8, 4) is 10.6 Å². The molecule has 1 unspecified atom stereocenters. The Morgan fingerprint density at radius 2 is 1.75 bits per heavy atom. The van der Waals surface area contributed by atoms with Crippen LogP contribution in [0.2, 0.25) is 0 Å². The summed E-state index contributed by atoms with van der Waals surface area (Å²) < 4.78 is 10.9. The van der Waals surface area contributed by atoms with E-state index in [1.807, 2.05) is 31.0 Å². The largest absolute Gasteiger partial charge is 0.453 e. The topological polar surface area (TPSA) is 180 Å². The number of amides is 3. The number of nitrogens with zero attached hydrogens (tertiary/aromatic N) is 4. The number of pyridine rings is 1. The number of carbonyl (C=O) groups is 3. The number of carbonyl (C=O) groups excluding carboxylic acids is 3. The zero-order chi connectivity index (χ0) is 40.5. The second-order valence-electron chi connectivity index (χ2n) is 16.0. The quantitative estimate of drug-likeness (QED) is 0.0822. The van der Waals surface area contributed by atoms with Gasteiger partial charge in [-0.2, -0.15) is 0 Å². The number of ether oxygens (including phenoxy) is 2. The zero-order valence-corrected chi connectivity index (χ0v) is 34.7. The summed E-state index contributed by atoms with van der Waals surface area (Å²) in [6, 6.07) is 12.0. The summed E-state index contributed by atoms with van der Waals surface area (Å²) in [6.45, 7) is 9.25. The van der Waals surface area contributed by atoms with Gasteiger partial charge in [0.25, 0.3) is 0 Å². The molecule has 0 aliphatic carbocycles. The first-order chi connectivity index (χ1) is 27.4. The lowest BCUT2D eigenvalue weighted by Crippen LogP contribution is -2.57. The highest BCUT2D eigenvalue weighted by Crippen LogP contribution is 2.47. The molecule has 0 bridgehead atoms. The van der Waals surface area contributed by atoms with E-state index in [9.17, 15) is 14.4 Å². The van der Waals surface area contributed by atoms with Crippen LogP contribution in [0.3, 0.4) is 0 Å². The number of H-pyrrole nitrogens is 1. The summed E-state index contributed by atoms with van der Waals surface area (Å²) in [7, 11) is 4.77. The Kier molecular flexibility index (Phi) is 11.8. The minimum Gasteiger partial charge on any atom is -0.453 e. The fourth-order valence-corrected chi connectivity index (χ4v) is 9.59. The third kappa shape index (κ3) is 7.91. The highest BCUT2D eigenvalue weighted by Gasteiger charge is 2.43. The van der Waals surface area contributed by atoms with Gasteiger partial charge in [-0.05, 0) is 85.5 Å². The van der Waals surface area contributed by atoms with Crippen molar-refractivity contribution in [2.45, 2.75) is 90.0 Å². The van der Waals surface area contributed by atoms with Gasteiger partial charge in [0.15, 0.2) is 0 Å². The van der Waals surface area contributed by atoms with Gasteiger partial charge >= 0.3 is 12.2 Å². The Hall–Kier alpha value is -5.15. The molecule has 3 aromatic heterocycles. The number of thiophene rings is 1. The number of alkyl carbamates (subject to hydrolysis) is 2. The van der Waals surface area contributed by atoms with E-state index in [0.717, 1.165) is 85.3 Å². The van der Waals surface area contributed by atoms with Crippen molar-refractivity contribution < 1.29 is 23.9 Å². The number of rotatable bonds is 13. The first-order valence-electron chi connectivity index (χ1n) is 20.0. The minimum absolute atomic E-state index is 0.0223. The zero-order valence-electron chi connectivity index (χ0n) is 33.8. The number of benzene rings is 2. The molecular formula is C42H55N9O5S. The molecule has 2 aromatic carbocycles. The fourth-order valence-electron chi connectivity index (χ4n) is 8.44. The normalized spacial score (nSPS) is 18.3. The predicted molar refractivity (Wildman–Crippen MR) is 227 cm³/mol. The van der Waals surface area contributed by atoms with Crippen LogP contribution in [-0.4, -0.2) is 96.6 Å². The van der Waals surface area contributed by atoms with E-state index in [-0.39, 0.29) is 41.9 Å². The number of hydrogen-bond donors (Lipinski definition) is 5. The molecule has 1 saturated heterocycles. The van der Waals surface area contributed by atoms with Crippen LogP contribution in [0, 0.1) is 11.8 Å². The average Bonchev–Trinajstić information content (AvgIpc) is 4.02. The summed E-state index contributed by atoms with van der Waals surface area (Å²) in [5.74, 6) is 0.814. The fraction of sp³-hybridized carbons (Fsp3) is 0.500. The molecular weight excluding hydrogens is 743 g/mol. The molecule has 2 aliphatic heterocycles. The van der Waals surface area contributed by atoms with Gasteiger partial charge in [-0.25, -0.2) is 19.6 Å². The van der Waals surface area contributed by atoms with Crippen LogP contribution in [0.15, 0.2) is 42.6 Å². The molecule has 5 atom stereocenters. The Bertz CT molecular complexity index is 2270. The number of anilines is 2. The highest BCUT2D eigenvalue weighted by atomic mass is 32.1. The first kappa shape index (κ1) is 40.1.